The van der Waals surface area contributed by atoms with Gasteiger partial charge in [-0.2, -0.15) is 0 Å². The summed E-state index contributed by atoms with van der Waals surface area (Å²) in [5.41, 5.74) is 0.390. The van der Waals surface area contributed by atoms with Crippen LogP contribution in [0.3, 0.4) is 0 Å². The van der Waals surface area contributed by atoms with Gasteiger partial charge in [0.2, 0.25) is 5.91 Å². The Morgan fingerprint density at radius 2 is 2.09 bits per heavy atom. The molecule has 3 aliphatic carbocycles. The number of rotatable bonds is 5. The van der Waals surface area contributed by atoms with Crippen LogP contribution in [0.2, 0.25) is 0 Å². The lowest BCUT2D eigenvalue weighted by atomic mass is 9.48. The molecule has 6 rings (SSSR count). The molecule has 0 radical (unpaired) electrons. The van der Waals surface area contributed by atoms with Crippen molar-refractivity contribution in [3.8, 4) is 11.5 Å². The molecule has 1 aromatic rings. The van der Waals surface area contributed by atoms with Crippen molar-refractivity contribution in [2.75, 3.05) is 20.2 Å². The Morgan fingerprint density at radius 3 is 2.85 bits per heavy atom. The van der Waals surface area contributed by atoms with E-state index < -0.39 is 29.0 Å². The van der Waals surface area contributed by atoms with Crippen LogP contribution in [0.15, 0.2) is 24.3 Å². The zero-order valence-electron chi connectivity index (χ0n) is 18.8. The maximum atomic E-state index is 12.6. The molecule has 3 N–H and O–H groups in total. The van der Waals surface area contributed by atoms with Gasteiger partial charge in [0.05, 0.1) is 24.2 Å². The highest BCUT2D eigenvalue weighted by molar-refractivity contribution is 5.94. The van der Waals surface area contributed by atoms with Gasteiger partial charge in [-0.15, -0.1) is 0 Å². The normalized spacial score (nSPS) is 36.2. The smallest absolute Gasteiger partial charge is 0.330 e. The minimum atomic E-state index is -0.986. The third-order valence-electron chi connectivity index (χ3n) is 8.66. The molecule has 1 aromatic carbocycles. The zero-order chi connectivity index (χ0) is 23.0. The van der Waals surface area contributed by atoms with Crippen molar-refractivity contribution in [3.63, 3.8) is 0 Å². The largest absolute Gasteiger partial charge is 0.504 e. The summed E-state index contributed by atoms with van der Waals surface area (Å²) in [7, 11) is 1.26. The molecule has 2 heterocycles. The Bertz CT molecular complexity index is 1050. The lowest BCUT2D eigenvalue weighted by Crippen LogP contribution is -2.78. The van der Waals surface area contributed by atoms with Gasteiger partial charge in [0.1, 0.15) is 6.10 Å². The first-order valence-corrected chi connectivity index (χ1v) is 11.9. The van der Waals surface area contributed by atoms with Crippen LogP contribution in [0.5, 0.6) is 11.5 Å². The molecular formula is C25H30N2O6. The molecule has 176 valence electrons. The van der Waals surface area contributed by atoms with E-state index in [0.29, 0.717) is 25.0 Å². The van der Waals surface area contributed by atoms with E-state index in [1.165, 1.54) is 20.0 Å². The second-order valence-electron chi connectivity index (χ2n) is 10.3. The van der Waals surface area contributed by atoms with Gasteiger partial charge in [-0.25, -0.2) is 4.79 Å². The summed E-state index contributed by atoms with van der Waals surface area (Å²) in [6, 6.07) is 3.29. The Hall–Kier alpha value is -2.58. The maximum absolute atomic E-state index is 12.6. The lowest BCUT2D eigenvalue weighted by Gasteiger charge is -2.64. The quantitative estimate of drug-likeness (QED) is 0.453. The third-order valence-corrected chi connectivity index (χ3v) is 8.66. The number of phenolic OH excluding ortho intramolecular Hbond substituents is 1. The van der Waals surface area contributed by atoms with E-state index in [-0.39, 0.29) is 17.8 Å². The van der Waals surface area contributed by atoms with E-state index in [4.69, 9.17) is 4.74 Å². The van der Waals surface area contributed by atoms with E-state index in [2.05, 4.69) is 15.0 Å². The Kier molecular flexibility index (Phi) is 4.58. The van der Waals surface area contributed by atoms with Crippen LogP contribution in [0.4, 0.5) is 0 Å². The van der Waals surface area contributed by atoms with E-state index >= 15 is 0 Å². The van der Waals surface area contributed by atoms with Crippen LogP contribution in [0.25, 0.3) is 0 Å². The lowest BCUT2D eigenvalue weighted by molar-refractivity contribution is -0.192. The first-order valence-electron chi connectivity index (χ1n) is 11.9. The van der Waals surface area contributed by atoms with Crippen LogP contribution < -0.4 is 10.1 Å². The van der Waals surface area contributed by atoms with Crippen molar-refractivity contribution >= 4 is 11.9 Å². The number of nitrogens with zero attached hydrogens (tertiary/aromatic N) is 1. The molecule has 3 unspecified atom stereocenters. The van der Waals surface area contributed by atoms with Crippen LogP contribution in [0.1, 0.15) is 43.2 Å². The fourth-order valence-electron chi connectivity index (χ4n) is 7.07. The van der Waals surface area contributed by atoms with Gasteiger partial charge < -0.3 is 25.0 Å². The van der Waals surface area contributed by atoms with Crippen LogP contribution in [-0.4, -0.2) is 71.0 Å². The van der Waals surface area contributed by atoms with Gasteiger partial charge >= 0.3 is 5.97 Å². The fraction of sp³-hybridized carbons (Fsp3) is 0.600. The van der Waals surface area contributed by atoms with E-state index in [0.717, 1.165) is 48.7 Å². The predicted octanol–water partition coefficient (Wildman–Crippen LogP) is 1.17. The van der Waals surface area contributed by atoms with Gasteiger partial charge in [-0.05, 0) is 62.6 Å². The molecule has 2 bridgehead atoms. The van der Waals surface area contributed by atoms with Crippen molar-refractivity contribution in [2.45, 2.75) is 67.7 Å². The number of piperidine rings is 1. The summed E-state index contributed by atoms with van der Waals surface area (Å²) in [4.78, 5) is 26.4. The maximum Gasteiger partial charge on any atom is 0.330 e. The number of carbonyl (C=O) groups is 2. The number of amides is 1. The monoisotopic (exact) mass is 454 g/mol. The van der Waals surface area contributed by atoms with E-state index in [1.54, 1.807) is 6.07 Å². The molecule has 8 heteroatoms. The molecule has 2 aliphatic heterocycles. The number of nitrogens with one attached hydrogen (secondary N) is 1. The second-order valence-corrected chi connectivity index (χ2v) is 10.3. The van der Waals surface area contributed by atoms with Crippen molar-refractivity contribution in [1.29, 1.82) is 0 Å². The molecule has 3 fully saturated rings. The van der Waals surface area contributed by atoms with Crippen molar-refractivity contribution < 1.29 is 29.3 Å². The van der Waals surface area contributed by atoms with Gasteiger partial charge in [0.15, 0.2) is 11.5 Å². The van der Waals surface area contributed by atoms with Gasteiger partial charge in [-0.1, -0.05) is 6.07 Å². The molecular weight excluding hydrogens is 424 g/mol. The minimum Gasteiger partial charge on any atom is -0.504 e. The first-order chi connectivity index (χ1) is 15.9. The molecule has 5 aliphatic rings. The van der Waals surface area contributed by atoms with Crippen molar-refractivity contribution in [3.05, 3.63) is 35.4 Å². The van der Waals surface area contributed by atoms with Gasteiger partial charge in [-0.3, -0.25) is 9.69 Å². The number of aromatic hydroxyl groups is 1. The summed E-state index contributed by atoms with van der Waals surface area (Å²) in [5.74, 6) is 0.256. The number of hydrogen-bond donors (Lipinski definition) is 3. The second kappa shape index (κ2) is 7.21. The molecule has 1 spiro atoms. The standard InChI is InChI=1S/C25H30N2O6/c1-32-20(30)7-6-19(29)26-16-8-9-25(31)18-12-15-4-5-17(28)22-21(15)24(25,23(16)33-22)10-11-27(18)13-14-2-3-14/h4-7,14,16,18,23,28,31H,2-3,8-13H2,1H3,(H,26,29)/b7-6+/t16-,18?,23+,24?,25?/m0/s1. The average Bonchev–Trinajstić information content (AvgIpc) is 3.54. The summed E-state index contributed by atoms with van der Waals surface area (Å²) < 4.78 is 11.0. The highest BCUT2D eigenvalue weighted by Gasteiger charge is 2.73. The van der Waals surface area contributed by atoms with Crippen LogP contribution >= 0.6 is 0 Å². The predicted molar refractivity (Wildman–Crippen MR) is 118 cm³/mol. The topological polar surface area (TPSA) is 108 Å². The molecule has 2 saturated carbocycles. The minimum absolute atomic E-state index is 0.00295. The number of ether oxygens (including phenoxy) is 2. The molecule has 8 nitrogen and oxygen atoms in total. The van der Waals surface area contributed by atoms with Gasteiger partial charge in [0.25, 0.3) is 0 Å². The van der Waals surface area contributed by atoms with E-state index in [9.17, 15) is 19.8 Å². The molecule has 0 aromatic heterocycles. The zero-order valence-corrected chi connectivity index (χ0v) is 18.8. The number of likely N-dealkylation sites (tertiary alicyclic amines) is 1. The molecule has 1 saturated heterocycles. The number of carbonyl (C=O) groups excluding carboxylic acids is 2. The highest BCUT2D eigenvalue weighted by atomic mass is 16.5. The third kappa shape index (κ3) is 2.89. The fourth-order valence-corrected chi connectivity index (χ4v) is 7.07. The number of esters is 1. The Balaban J connectivity index is 1.38. The molecule has 5 atom stereocenters. The number of benzene rings is 1. The summed E-state index contributed by atoms with van der Waals surface area (Å²) in [5, 5.41) is 26.0. The van der Waals surface area contributed by atoms with Crippen LogP contribution in [-0.2, 0) is 26.2 Å². The SMILES string of the molecule is COC(=O)/C=C/C(=O)N[C@H]1CCC2(O)C3Cc4ccc(O)c5c4C2(CCN3CC2CC2)[C@@H]1O5. The summed E-state index contributed by atoms with van der Waals surface area (Å²) >= 11 is 0. The van der Waals surface area contributed by atoms with Crippen LogP contribution in [0, 0.1) is 5.92 Å². The summed E-state index contributed by atoms with van der Waals surface area (Å²) in [6.45, 7) is 1.88. The molecule has 1 amide bonds. The number of hydrogen-bond acceptors (Lipinski definition) is 7. The summed E-state index contributed by atoms with van der Waals surface area (Å²) in [6.07, 6.45) is 6.84. The van der Waals surface area contributed by atoms with Crippen molar-refractivity contribution in [1.82, 2.24) is 10.2 Å². The number of methoxy groups -OCH3 is 1. The average molecular weight is 455 g/mol. The number of aliphatic hydroxyl groups is 1. The van der Waals surface area contributed by atoms with Gasteiger partial charge in [0, 0.05) is 30.3 Å². The number of phenols is 1. The highest BCUT2D eigenvalue weighted by Crippen LogP contribution is 2.65. The van der Waals surface area contributed by atoms with E-state index in [1.807, 2.05) is 6.07 Å². The Morgan fingerprint density at radius 1 is 1.27 bits per heavy atom. The van der Waals surface area contributed by atoms with Crippen molar-refractivity contribution in [2.24, 2.45) is 5.92 Å². The molecule has 33 heavy (non-hydrogen) atoms. The Labute approximate surface area is 192 Å². The first kappa shape index (κ1) is 21.0.